The molecule has 0 aliphatic carbocycles. The Morgan fingerprint density at radius 1 is 1.15 bits per heavy atom. The summed E-state index contributed by atoms with van der Waals surface area (Å²) in [5.41, 5.74) is 0.381. The molecule has 0 unspecified atom stereocenters. The van der Waals surface area contributed by atoms with Crippen LogP contribution in [0.25, 0.3) is 0 Å². The maximum Gasteiger partial charge on any atom is 0.295 e. The van der Waals surface area contributed by atoms with E-state index in [-0.39, 0.29) is 5.69 Å². The number of nitro benzene ring substituents is 1. The van der Waals surface area contributed by atoms with Crippen molar-refractivity contribution in [2.45, 2.75) is 0 Å². The zero-order valence-electron chi connectivity index (χ0n) is 10.8. The summed E-state index contributed by atoms with van der Waals surface area (Å²) >= 11 is 0. The van der Waals surface area contributed by atoms with E-state index < -0.39 is 4.92 Å². The molecule has 0 aliphatic rings. The fraction of sp³-hybridized carbons (Fsp3) is 0.0667. The number of hydroxylamine groups is 1. The van der Waals surface area contributed by atoms with Gasteiger partial charge in [0.2, 0.25) is 0 Å². The van der Waals surface area contributed by atoms with Gasteiger partial charge in [0.1, 0.15) is 0 Å². The molecular weight excluding hydrogens is 256 g/mol. The first kappa shape index (κ1) is 13.6. The first-order valence-electron chi connectivity index (χ1n) is 6.07. The summed E-state index contributed by atoms with van der Waals surface area (Å²) < 4.78 is 0. The summed E-state index contributed by atoms with van der Waals surface area (Å²) in [7, 11) is 0. The minimum Gasteiger partial charge on any atom is -0.379 e. The molecule has 0 saturated heterocycles. The molecule has 0 aliphatic heterocycles. The van der Waals surface area contributed by atoms with Crippen LogP contribution in [0.5, 0.6) is 5.75 Å². The van der Waals surface area contributed by atoms with E-state index in [1.54, 1.807) is 36.4 Å². The summed E-state index contributed by atoms with van der Waals surface area (Å²) in [4.78, 5) is 16.3. The first-order chi connectivity index (χ1) is 9.72. The van der Waals surface area contributed by atoms with Crippen molar-refractivity contribution in [3.63, 3.8) is 0 Å². The van der Waals surface area contributed by atoms with E-state index in [0.29, 0.717) is 18.0 Å². The fourth-order valence-corrected chi connectivity index (χ4v) is 1.74. The molecule has 0 aromatic heterocycles. The second kappa shape index (κ2) is 6.38. The van der Waals surface area contributed by atoms with Crippen molar-refractivity contribution in [1.82, 2.24) is 0 Å². The number of benzene rings is 2. The molecule has 5 heteroatoms. The highest BCUT2D eigenvalue weighted by molar-refractivity contribution is 5.62. The summed E-state index contributed by atoms with van der Waals surface area (Å²) in [5.74, 6) is 0.604. The van der Waals surface area contributed by atoms with Gasteiger partial charge in [0.05, 0.1) is 11.5 Å². The van der Waals surface area contributed by atoms with Gasteiger partial charge in [-0.2, -0.15) is 5.06 Å². The number of para-hydroxylation sites is 3. The van der Waals surface area contributed by atoms with Crippen LogP contribution in [0.1, 0.15) is 0 Å². The van der Waals surface area contributed by atoms with Gasteiger partial charge >= 0.3 is 0 Å². The lowest BCUT2D eigenvalue weighted by molar-refractivity contribution is -0.384. The van der Waals surface area contributed by atoms with Crippen molar-refractivity contribution in [1.29, 1.82) is 0 Å². The lowest BCUT2D eigenvalue weighted by Gasteiger charge is -2.22. The normalized spacial score (nSPS) is 9.80. The molecule has 0 bridgehead atoms. The summed E-state index contributed by atoms with van der Waals surface area (Å²) in [6.45, 7) is 3.98. The van der Waals surface area contributed by atoms with E-state index in [1.807, 2.05) is 18.2 Å². The third-order valence-corrected chi connectivity index (χ3v) is 2.60. The average molecular weight is 270 g/mol. The van der Waals surface area contributed by atoms with Crippen LogP contribution in [0.15, 0.2) is 67.3 Å². The first-order valence-corrected chi connectivity index (χ1v) is 6.07. The highest BCUT2D eigenvalue weighted by atomic mass is 16.7. The molecule has 0 heterocycles. The maximum absolute atomic E-state index is 11.1. The number of nitrogens with zero attached hydrogens (tertiary/aromatic N) is 2. The van der Waals surface area contributed by atoms with E-state index in [4.69, 9.17) is 4.84 Å². The van der Waals surface area contributed by atoms with Crippen molar-refractivity contribution in [2.24, 2.45) is 0 Å². The summed E-state index contributed by atoms with van der Waals surface area (Å²) in [5, 5.41) is 12.5. The third-order valence-electron chi connectivity index (χ3n) is 2.60. The SMILES string of the molecule is C=CCN(Oc1ccccc1)c1ccccc1[N+](=O)[O-]. The Morgan fingerprint density at radius 3 is 2.45 bits per heavy atom. The van der Waals surface area contributed by atoms with Crippen molar-refractivity contribution >= 4 is 11.4 Å². The molecule has 0 atom stereocenters. The predicted molar refractivity (Wildman–Crippen MR) is 77.7 cm³/mol. The van der Waals surface area contributed by atoms with Crippen molar-refractivity contribution < 1.29 is 9.76 Å². The molecule has 0 spiro atoms. The Hall–Kier alpha value is -2.82. The monoisotopic (exact) mass is 270 g/mol. The Kier molecular flexibility index (Phi) is 4.34. The van der Waals surface area contributed by atoms with Crippen LogP contribution in [-0.2, 0) is 0 Å². The van der Waals surface area contributed by atoms with Gasteiger partial charge in [-0.05, 0) is 18.2 Å². The predicted octanol–water partition coefficient (Wildman–Crippen LogP) is 3.58. The van der Waals surface area contributed by atoms with Crippen LogP contribution in [0.4, 0.5) is 11.4 Å². The van der Waals surface area contributed by atoms with Gasteiger partial charge < -0.3 is 4.84 Å². The largest absolute Gasteiger partial charge is 0.379 e. The van der Waals surface area contributed by atoms with Crippen LogP contribution >= 0.6 is 0 Å². The van der Waals surface area contributed by atoms with Crippen LogP contribution < -0.4 is 9.90 Å². The molecule has 0 radical (unpaired) electrons. The molecule has 0 fully saturated rings. The van der Waals surface area contributed by atoms with Gasteiger partial charge in [0.15, 0.2) is 11.4 Å². The molecule has 0 N–H and O–H groups in total. The quantitative estimate of drug-likeness (QED) is 0.457. The van der Waals surface area contributed by atoms with Crippen LogP contribution in [-0.4, -0.2) is 11.5 Å². The Balaban J connectivity index is 2.33. The van der Waals surface area contributed by atoms with Gasteiger partial charge in [0.25, 0.3) is 5.69 Å². The number of hydrogen-bond acceptors (Lipinski definition) is 4. The van der Waals surface area contributed by atoms with Crippen molar-refractivity contribution in [3.05, 3.63) is 77.4 Å². The minimum atomic E-state index is -0.431. The second-order valence-electron chi connectivity index (χ2n) is 4.00. The lowest BCUT2D eigenvalue weighted by atomic mass is 10.2. The number of nitro groups is 1. The fourth-order valence-electron chi connectivity index (χ4n) is 1.74. The van der Waals surface area contributed by atoms with Gasteiger partial charge in [-0.1, -0.05) is 36.4 Å². The molecule has 0 saturated carbocycles. The van der Waals surface area contributed by atoms with E-state index in [0.717, 1.165) is 0 Å². The van der Waals surface area contributed by atoms with Crippen molar-refractivity contribution in [2.75, 3.05) is 11.6 Å². The zero-order valence-corrected chi connectivity index (χ0v) is 10.8. The van der Waals surface area contributed by atoms with Crippen LogP contribution in [0, 0.1) is 10.1 Å². The van der Waals surface area contributed by atoms with Gasteiger partial charge in [0, 0.05) is 6.07 Å². The van der Waals surface area contributed by atoms with Crippen LogP contribution in [0.2, 0.25) is 0 Å². The second-order valence-corrected chi connectivity index (χ2v) is 4.00. The Labute approximate surface area is 116 Å². The standard InChI is InChI=1S/C15H14N2O3/c1-2-12-16(20-13-8-4-3-5-9-13)14-10-6-7-11-15(14)17(18)19/h2-11H,1,12H2. The molecule has 2 rings (SSSR count). The molecule has 2 aromatic rings. The topological polar surface area (TPSA) is 55.6 Å². The van der Waals surface area contributed by atoms with E-state index in [9.17, 15) is 10.1 Å². The molecule has 2 aromatic carbocycles. The maximum atomic E-state index is 11.1. The Morgan fingerprint density at radius 2 is 1.80 bits per heavy atom. The summed E-state index contributed by atoms with van der Waals surface area (Å²) in [6.07, 6.45) is 1.62. The van der Waals surface area contributed by atoms with E-state index in [2.05, 4.69) is 6.58 Å². The number of hydrogen-bond donors (Lipinski definition) is 0. The van der Waals surface area contributed by atoms with Crippen molar-refractivity contribution in [3.8, 4) is 5.75 Å². The number of anilines is 1. The smallest absolute Gasteiger partial charge is 0.295 e. The molecule has 5 nitrogen and oxygen atoms in total. The summed E-state index contributed by atoms with van der Waals surface area (Å²) in [6, 6.07) is 15.5. The van der Waals surface area contributed by atoms with E-state index in [1.165, 1.54) is 11.1 Å². The molecule has 102 valence electrons. The van der Waals surface area contributed by atoms with E-state index >= 15 is 0 Å². The highest BCUT2D eigenvalue weighted by Crippen LogP contribution is 2.28. The average Bonchev–Trinajstić information content (AvgIpc) is 2.48. The third kappa shape index (κ3) is 3.14. The highest BCUT2D eigenvalue weighted by Gasteiger charge is 2.19. The molecular formula is C15H14N2O3. The van der Waals surface area contributed by atoms with Gasteiger partial charge in [-0.15, -0.1) is 6.58 Å². The zero-order chi connectivity index (χ0) is 14.4. The van der Waals surface area contributed by atoms with Crippen LogP contribution in [0.3, 0.4) is 0 Å². The minimum absolute atomic E-state index is 0.00900. The lowest BCUT2D eigenvalue weighted by Crippen LogP contribution is -2.28. The molecule has 0 amide bonds. The molecule has 20 heavy (non-hydrogen) atoms. The van der Waals surface area contributed by atoms with Gasteiger partial charge in [-0.3, -0.25) is 10.1 Å². The van der Waals surface area contributed by atoms with Gasteiger partial charge in [-0.25, -0.2) is 0 Å². The Bertz CT molecular complexity index is 599. The number of rotatable bonds is 6.